The molecule has 0 N–H and O–H groups in total. The van der Waals surface area contributed by atoms with E-state index >= 15 is 0 Å². The van der Waals surface area contributed by atoms with E-state index in [2.05, 4.69) is 0 Å². The van der Waals surface area contributed by atoms with Crippen LogP contribution in [0.25, 0.3) is 21.8 Å². The van der Waals surface area contributed by atoms with Gasteiger partial charge in [-0.25, -0.2) is 0 Å². The topological polar surface area (TPSA) is 65.1 Å². The Bertz CT molecular complexity index is 883. The first kappa shape index (κ1) is 12.6. The van der Waals surface area contributed by atoms with Gasteiger partial charge in [-0.2, -0.15) is 0 Å². The number of hydrogen-bond acceptors (Lipinski definition) is 3. The van der Waals surface area contributed by atoms with Crippen molar-refractivity contribution in [3.63, 3.8) is 0 Å². The Labute approximate surface area is 118 Å². The minimum Gasteiger partial charge on any atom is -0.280 e. The average molecular weight is 289 g/mol. The van der Waals surface area contributed by atoms with Crippen molar-refractivity contribution in [2.24, 2.45) is 0 Å². The van der Waals surface area contributed by atoms with Gasteiger partial charge in [0.05, 0.1) is 16.0 Å². The largest absolute Gasteiger partial charge is 0.280 e. The van der Waals surface area contributed by atoms with Gasteiger partial charge in [0.25, 0.3) is 5.69 Å². The van der Waals surface area contributed by atoms with Gasteiger partial charge in [-0.3, -0.25) is 19.5 Å². The molecule has 0 fully saturated rings. The summed E-state index contributed by atoms with van der Waals surface area (Å²) in [5, 5.41) is 12.8. The van der Waals surface area contributed by atoms with Gasteiger partial charge >= 0.3 is 0 Å². The van der Waals surface area contributed by atoms with E-state index in [0.717, 1.165) is 5.39 Å². The van der Waals surface area contributed by atoms with Crippen molar-refractivity contribution in [1.29, 1.82) is 0 Å². The number of aromatic nitrogens is 1. The lowest BCUT2D eigenvalue weighted by Crippen LogP contribution is -2.04. The summed E-state index contributed by atoms with van der Waals surface area (Å²) in [6, 6.07) is 9.59. The highest BCUT2D eigenvalue weighted by atomic mass is 35.5. The maximum Gasteiger partial charge on any atom is 0.270 e. The van der Waals surface area contributed by atoms with E-state index in [1.54, 1.807) is 24.3 Å². The van der Waals surface area contributed by atoms with Gasteiger partial charge in [-0.15, -0.1) is 0 Å². The number of carbonyl (C=O) groups excluding carboxylic acids is 1. The van der Waals surface area contributed by atoms with Crippen molar-refractivity contribution >= 4 is 45.0 Å². The lowest BCUT2D eigenvalue weighted by atomic mass is 10.1. The van der Waals surface area contributed by atoms with E-state index in [9.17, 15) is 14.9 Å². The second-order valence-corrected chi connectivity index (χ2v) is 4.91. The Balaban J connectivity index is 2.53. The molecule has 20 heavy (non-hydrogen) atoms. The maximum atomic E-state index is 11.8. The standard InChI is InChI=1S/C14H9ClN2O3/c1-8(18)16-13-4-2-9(15)6-11(13)12-7-10(17(19)20)3-5-14(12)16/h2-7H,1H3. The van der Waals surface area contributed by atoms with Crippen molar-refractivity contribution in [1.82, 2.24) is 4.57 Å². The maximum absolute atomic E-state index is 11.8. The molecule has 6 heteroatoms. The Kier molecular flexibility index (Phi) is 2.72. The van der Waals surface area contributed by atoms with E-state index in [1.807, 2.05) is 0 Å². The molecule has 0 spiro atoms. The SMILES string of the molecule is CC(=O)n1c2ccc(Cl)cc2c2cc([N+](=O)[O-])ccc21. The normalized spacial score (nSPS) is 11.1. The predicted molar refractivity (Wildman–Crippen MR) is 77.4 cm³/mol. The van der Waals surface area contributed by atoms with Crippen LogP contribution < -0.4 is 0 Å². The van der Waals surface area contributed by atoms with Crippen LogP contribution in [0, 0.1) is 10.1 Å². The minimum atomic E-state index is -0.457. The molecule has 0 atom stereocenters. The number of non-ortho nitro benzene ring substituents is 1. The summed E-state index contributed by atoms with van der Waals surface area (Å²) < 4.78 is 1.53. The number of rotatable bonds is 1. The molecule has 2 aromatic carbocycles. The zero-order chi connectivity index (χ0) is 14.4. The molecule has 0 aliphatic rings. The molecule has 0 saturated carbocycles. The first-order valence-corrected chi connectivity index (χ1v) is 6.26. The lowest BCUT2D eigenvalue weighted by molar-refractivity contribution is -0.384. The highest BCUT2D eigenvalue weighted by molar-refractivity contribution is 6.32. The Hall–Kier alpha value is -2.40. The van der Waals surface area contributed by atoms with Gasteiger partial charge < -0.3 is 0 Å². The molecular weight excluding hydrogens is 280 g/mol. The molecule has 0 radical (unpaired) electrons. The van der Waals surface area contributed by atoms with Crippen LogP contribution in [-0.4, -0.2) is 15.4 Å². The second-order valence-electron chi connectivity index (χ2n) is 4.47. The van der Waals surface area contributed by atoms with Crippen molar-refractivity contribution < 1.29 is 9.72 Å². The summed E-state index contributed by atoms with van der Waals surface area (Å²) in [5.41, 5.74) is 1.32. The monoisotopic (exact) mass is 288 g/mol. The number of nitro benzene ring substituents is 1. The summed E-state index contributed by atoms with van der Waals surface area (Å²) in [6.07, 6.45) is 0. The van der Waals surface area contributed by atoms with E-state index in [-0.39, 0.29) is 11.6 Å². The van der Waals surface area contributed by atoms with Gasteiger partial charge in [-0.1, -0.05) is 11.6 Å². The number of hydrogen-bond donors (Lipinski definition) is 0. The van der Waals surface area contributed by atoms with Crippen LogP contribution in [0.5, 0.6) is 0 Å². The third kappa shape index (κ3) is 1.75. The molecule has 3 aromatic rings. The smallest absolute Gasteiger partial charge is 0.270 e. The van der Waals surface area contributed by atoms with Gasteiger partial charge in [0, 0.05) is 34.9 Å². The van der Waals surface area contributed by atoms with Gasteiger partial charge in [0.2, 0.25) is 5.91 Å². The molecule has 0 aliphatic carbocycles. The van der Waals surface area contributed by atoms with Crippen molar-refractivity contribution in [3.05, 3.63) is 51.5 Å². The molecule has 1 heterocycles. The summed E-state index contributed by atoms with van der Waals surface area (Å²) in [4.78, 5) is 22.3. The molecule has 0 unspecified atom stereocenters. The number of nitrogens with zero attached hydrogens (tertiary/aromatic N) is 2. The lowest BCUT2D eigenvalue weighted by Gasteiger charge is -2.01. The second kappa shape index (κ2) is 4.31. The number of fused-ring (bicyclic) bond motifs is 3. The fourth-order valence-corrected chi connectivity index (χ4v) is 2.61. The number of benzene rings is 2. The molecule has 0 bridgehead atoms. The van der Waals surface area contributed by atoms with Crippen LogP contribution in [0.2, 0.25) is 5.02 Å². The van der Waals surface area contributed by atoms with Crippen molar-refractivity contribution in [2.45, 2.75) is 6.92 Å². The van der Waals surface area contributed by atoms with E-state index < -0.39 is 4.92 Å². The summed E-state index contributed by atoms with van der Waals surface area (Å²) in [5.74, 6) is -0.152. The van der Waals surface area contributed by atoms with Crippen LogP contribution >= 0.6 is 11.6 Å². The van der Waals surface area contributed by atoms with E-state index in [1.165, 1.54) is 23.6 Å². The molecule has 100 valence electrons. The molecule has 3 rings (SSSR count). The number of nitro groups is 1. The van der Waals surface area contributed by atoms with Gasteiger partial charge in [-0.05, 0) is 24.3 Å². The van der Waals surface area contributed by atoms with E-state index in [4.69, 9.17) is 11.6 Å². The summed E-state index contributed by atoms with van der Waals surface area (Å²) >= 11 is 5.98. The molecular formula is C14H9ClN2O3. The number of carbonyl (C=O) groups is 1. The molecule has 0 amide bonds. The van der Waals surface area contributed by atoms with Crippen LogP contribution in [-0.2, 0) is 0 Å². The Morgan fingerprint density at radius 3 is 2.35 bits per heavy atom. The highest BCUT2D eigenvalue weighted by Crippen LogP contribution is 2.33. The quantitative estimate of drug-likeness (QED) is 0.502. The first-order valence-electron chi connectivity index (χ1n) is 5.88. The molecule has 5 nitrogen and oxygen atoms in total. The van der Waals surface area contributed by atoms with Gasteiger partial charge in [0.15, 0.2) is 0 Å². The zero-order valence-corrected chi connectivity index (χ0v) is 11.2. The highest BCUT2D eigenvalue weighted by Gasteiger charge is 2.16. The van der Waals surface area contributed by atoms with Crippen molar-refractivity contribution in [3.8, 4) is 0 Å². The molecule has 0 saturated heterocycles. The van der Waals surface area contributed by atoms with Crippen LogP contribution in [0.1, 0.15) is 11.7 Å². The Morgan fingerprint density at radius 1 is 1.15 bits per heavy atom. The summed E-state index contributed by atoms with van der Waals surface area (Å²) in [6.45, 7) is 1.45. The molecule has 0 aliphatic heterocycles. The van der Waals surface area contributed by atoms with E-state index in [0.29, 0.717) is 21.4 Å². The van der Waals surface area contributed by atoms with Crippen LogP contribution in [0.4, 0.5) is 5.69 Å². The van der Waals surface area contributed by atoms with Gasteiger partial charge in [0.1, 0.15) is 0 Å². The fraction of sp³-hybridized carbons (Fsp3) is 0.0714. The fourth-order valence-electron chi connectivity index (χ4n) is 2.44. The average Bonchev–Trinajstić information content (AvgIpc) is 2.71. The number of halogens is 1. The van der Waals surface area contributed by atoms with Crippen molar-refractivity contribution in [2.75, 3.05) is 0 Å². The predicted octanol–water partition coefficient (Wildman–Crippen LogP) is 4.02. The third-order valence-corrected chi connectivity index (χ3v) is 3.47. The zero-order valence-electron chi connectivity index (χ0n) is 10.5. The first-order chi connectivity index (χ1) is 9.49. The molecule has 1 aromatic heterocycles. The van der Waals surface area contributed by atoms with Crippen LogP contribution in [0.15, 0.2) is 36.4 Å². The summed E-state index contributed by atoms with van der Waals surface area (Å²) in [7, 11) is 0. The third-order valence-electron chi connectivity index (χ3n) is 3.24. The minimum absolute atomic E-state index is 0.0138. The Morgan fingerprint density at radius 2 is 1.75 bits per heavy atom. The van der Waals surface area contributed by atoms with Crippen LogP contribution in [0.3, 0.4) is 0 Å².